The Morgan fingerprint density at radius 3 is 2.63 bits per heavy atom. The summed E-state index contributed by atoms with van der Waals surface area (Å²) in [5.74, 6) is -0.349. The highest BCUT2D eigenvalue weighted by Gasteiger charge is 2.25. The molecule has 0 spiro atoms. The van der Waals surface area contributed by atoms with Gasteiger partial charge in [0.2, 0.25) is 0 Å². The SMILES string of the molecule is CC(CC(C)(C)c1ccccc1)NC(=O)c1n[nH]c2ccc([N+](=O)[O-])cc12. The van der Waals surface area contributed by atoms with Gasteiger partial charge in [-0.3, -0.25) is 20.0 Å². The Hall–Kier alpha value is -3.22. The van der Waals surface area contributed by atoms with E-state index in [1.807, 2.05) is 25.1 Å². The molecule has 0 aliphatic heterocycles. The smallest absolute Gasteiger partial charge is 0.272 e. The maximum absolute atomic E-state index is 12.7. The van der Waals surface area contributed by atoms with Crippen LogP contribution in [0.2, 0.25) is 0 Å². The van der Waals surface area contributed by atoms with Crippen molar-refractivity contribution in [1.29, 1.82) is 0 Å². The lowest BCUT2D eigenvalue weighted by molar-refractivity contribution is -0.384. The van der Waals surface area contributed by atoms with Gasteiger partial charge in [0.15, 0.2) is 5.69 Å². The second-order valence-electron chi connectivity index (χ2n) is 7.39. The number of fused-ring (bicyclic) bond motifs is 1. The summed E-state index contributed by atoms with van der Waals surface area (Å²) in [6, 6.07) is 14.3. The lowest BCUT2D eigenvalue weighted by atomic mass is 9.79. The van der Waals surface area contributed by atoms with Crippen LogP contribution < -0.4 is 5.32 Å². The van der Waals surface area contributed by atoms with Crippen LogP contribution in [0.1, 0.15) is 43.2 Å². The molecule has 3 rings (SSSR count). The van der Waals surface area contributed by atoms with Crippen molar-refractivity contribution in [3.05, 3.63) is 69.9 Å². The summed E-state index contributed by atoms with van der Waals surface area (Å²) >= 11 is 0. The van der Waals surface area contributed by atoms with E-state index in [1.165, 1.54) is 17.7 Å². The lowest BCUT2D eigenvalue weighted by Gasteiger charge is -2.29. The van der Waals surface area contributed by atoms with Crippen molar-refractivity contribution >= 4 is 22.5 Å². The molecule has 0 bridgehead atoms. The minimum absolute atomic E-state index is 0.0730. The zero-order valence-electron chi connectivity index (χ0n) is 15.5. The van der Waals surface area contributed by atoms with E-state index < -0.39 is 4.92 Å². The Bertz CT molecular complexity index is 979. The molecule has 27 heavy (non-hydrogen) atoms. The minimum atomic E-state index is -0.487. The van der Waals surface area contributed by atoms with Crippen LogP contribution in [-0.4, -0.2) is 27.1 Å². The first-order chi connectivity index (χ1) is 12.8. The zero-order chi connectivity index (χ0) is 19.6. The largest absolute Gasteiger partial charge is 0.348 e. The van der Waals surface area contributed by atoms with Gasteiger partial charge in [0, 0.05) is 23.6 Å². The molecule has 1 aromatic heterocycles. The summed E-state index contributed by atoms with van der Waals surface area (Å²) in [6.07, 6.45) is 0.741. The molecule has 1 amide bonds. The first kappa shape index (κ1) is 18.6. The molecule has 0 aliphatic carbocycles. The van der Waals surface area contributed by atoms with Crippen molar-refractivity contribution in [2.45, 2.75) is 38.6 Å². The number of nitro groups is 1. The maximum atomic E-state index is 12.7. The highest BCUT2D eigenvalue weighted by atomic mass is 16.6. The fourth-order valence-electron chi connectivity index (χ4n) is 3.40. The third-order valence-corrected chi connectivity index (χ3v) is 4.72. The molecule has 140 valence electrons. The third-order valence-electron chi connectivity index (χ3n) is 4.72. The van der Waals surface area contributed by atoms with E-state index in [2.05, 4.69) is 41.5 Å². The summed E-state index contributed by atoms with van der Waals surface area (Å²) in [6.45, 7) is 6.22. The monoisotopic (exact) mass is 366 g/mol. The van der Waals surface area contributed by atoms with Gasteiger partial charge in [-0.15, -0.1) is 0 Å². The first-order valence-corrected chi connectivity index (χ1v) is 8.77. The van der Waals surface area contributed by atoms with E-state index in [0.29, 0.717) is 10.9 Å². The minimum Gasteiger partial charge on any atom is -0.348 e. The van der Waals surface area contributed by atoms with Crippen LogP contribution in [0.5, 0.6) is 0 Å². The molecule has 2 N–H and O–H groups in total. The van der Waals surface area contributed by atoms with Gasteiger partial charge in [0.1, 0.15) is 0 Å². The fourth-order valence-corrected chi connectivity index (χ4v) is 3.40. The van der Waals surface area contributed by atoms with Crippen LogP contribution in [0.25, 0.3) is 10.9 Å². The van der Waals surface area contributed by atoms with E-state index in [1.54, 1.807) is 6.07 Å². The Labute approximate surface area is 156 Å². The highest BCUT2D eigenvalue weighted by Crippen LogP contribution is 2.28. The standard InChI is InChI=1S/C20H22N4O3/c1-13(12-20(2,3)14-7-5-4-6-8-14)21-19(25)18-16-11-15(24(26)27)9-10-17(16)22-23-18/h4-11,13H,12H2,1-3H3,(H,21,25)(H,22,23). The van der Waals surface area contributed by atoms with E-state index in [-0.39, 0.29) is 28.7 Å². The van der Waals surface area contributed by atoms with Crippen LogP contribution in [0.15, 0.2) is 48.5 Å². The fraction of sp³-hybridized carbons (Fsp3) is 0.300. The second kappa shape index (κ2) is 7.19. The van der Waals surface area contributed by atoms with Gasteiger partial charge >= 0.3 is 0 Å². The van der Waals surface area contributed by atoms with Crippen molar-refractivity contribution < 1.29 is 9.72 Å². The van der Waals surface area contributed by atoms with Gasteiger partial charge in [-0.2, -0.15) is 5.10 Å². The van der Waals surface area contributed by atoms with Crippen molar-refractivity contribution in [2.24, 2.45) is 0 Å². The van der Waals surface area contributed by atoms with Crippen LogP contribution in [0, 0.1) is 10.1 Å². The molecule has 1 unspecified atom stereocenters. The third kappa shape index (κ3) is 3.97. The van der Waals surface area contributed by atoms with E-state index >= 15 is 0 Å². The molecule has 1 atom stereocenters. The number of carbonyl (C=O) groups excluding carboxylic acids is 1. The predicted octanol–water partition coefficient (Wildman–Crippen LogP) is 3.96. The number of H-pyrrole nitrogens is 1. The number of carbonyl (C=O) groups is 1. The molecule has 0 saturated carbocycles. The van der Waals surface area contributed by atoms with Crippen molar-refractivity contribution in [3.63, 3.8) is 0 Å². The van der Waals surface area contributed by atoms with Crippen molar-refractivity contribution in [1.82, 2.24) is 15.5 Å². The Morgan fingerprint density at radius 1 is 1.26 bits per heavy atom. The van der Waals surface area contributed by atoms with Crippen LogP contribution >= 0.6 is 0 Å². The number of rotatable bonds is 6. The summed E-state index contributed by atoms with van der Waals surface area (Å²) < 4.78 is 0. The van der Waals surface area contributed by atoms with E-state index in [0.717, 1.165) is 6.42 Å². The topological polar surface area (TPSA) is 101 Å². The predicted molar refractivity (Wildman–Crippen MR) is 104 cm³/mol. The van der Waals surface area contributed by atoms with Gasteiger partial charge in [-0.05, 0) is 30.4 Å². The highest BCUT2D eigenvalue weighted by molar-refractivity contribution is 6.05. The first-order valence-electron chi connectivity index (χ1n) is 8.77. The number of hydrogen-bond donors (Lipinski definition) is 2. The molecule has 0 radical (unpaired) electrons. The van der Waals surface area contributed by atoms with Crippen LogP contribution in [0.3, 0.4) is 0 Å². The molecular formula is C20H22N4O3. The van der Waals surface area contributed by atoms with E-state index in [9.17, 15) is 14.9 Å². The van der Waals surface area contributed by atoms with Crippen LogP contribution in [-0.2, 0) is 5.41 Å². The molecular weight excluding hydrogens is 344 g/mol. The van der Waals surface area contributed by atoms with Crippen LogP contribution in [0.4, 0.5) is 5.69 Å². The maximum Gasteiger partial charge on any atom is 0.272 e. The normalized spacial score (nSPS) is 12.7. The molecule has 1 heterocycles. The van der Waals surface area contributed by atoms with E-state index in [4.69, 9.17) is 0 Å². The Balaban J connectivity index is 1.76. The molecule has 0 saturated heterocycles. The number of nitrogens with zero attached hydrogens (tertiary/aromatic N) is 2. The quantitative estimate of drug-likeness (QED) is 0.509. The van der Waals surface area contributed by atoms with Crippen molar-refractivity contribution in [2.75, 3.05) is 0 Å². The number of non-ortho nitro benzene ring substituents is 1. The number of amides is 1. The molecule has 7 nitrogen and oxygen atoms in total. The summed E-state index contributed by atoms with van der Waals surface area (Å²) in [5.41, 5.74) is 1.77. The summed E-state index contributed by atoms with van der Waals surface area (Å²) in [7, 11) is 0. The number of benzene rings is 2. The Morgan fingerprint density at radius 2 is 1.96 bits per heavy atom. The summed E-state index contributed by atoms with van der Waals surface area (Å²) in [5, 5.41) is 21.2. The Kier molecular flexibility index (Phi) is 4.94. The molecule has 3 aromatic rings. The lowest BCUT2D eigenvalue weighted by Crippen LogP contribution is -2.37. The average molecular weight is 366 g/mol. The molecule has 2 aromatic carbocycles. The molecule has 0 aliphatic rings. The average Bonchev–Trinajstić information content (AvgIpc) is 3.05. The number of hydrogen-bond acceptors (Lipinski definition) is 4. The van der Waals surface area contributed by atoms with Gasteiger partial charge in [0.05, 0.1) is 10.4 Å². The van der Waals surface area contributed by atoms with Gasteiger partial charge in [-0.25, -0.2) is 0 Å². The number of nitrogens with one attached hydrogen (secondary N) is 2. The zero-order valence-corrected chi connectivity index (χ0v) is 15.5. The van der Waals surface area contributed by atoms with Crippen molar-refractivity contribution in [3.8, 4) is 0 Å². The number of aromatic nitrogens is 2. The van der Waals surface area contributed by atoms with Gasteiger partial charge in [0.25, 0.3) is 11.6 Å². The number of nitro benzene ring substituents is 1. The second-order valence-corrected chi connectivity index (χ2v) is 7.39. The summed E-state index contributed by atoms with van der Waals surface area (Å²) in [4.78, 5) is 23.2. The number of aromatic amines is 1. The van der Waals surface area contributed by atoms with Gasteiger partial charge < -0.3 is 5.32 Å². The van der Waals surface area contributed by atoms with Gasteiger partial charge in [-0.1, -0.05) is 44.2 Å². The molecule has 7 heteroatoms. The molecule has 0 fully saturated rings.